The Hall–Kier alpha value is -0.910. The van der Waals surface area contributed by atoms with Gasteiger partial charge < -0.3 is 5.73 Å². The van der Waals surface area contributed by atoms with Crippen LogP contribution in [0.2, 0.25) is 0 Å². The monoisotopic (exact) mass is 310 g/mol. The molecule has 0 amide bonds. The van der Waals surface area contributed by atoms with Crippen LogP contribution in [0.4, 0.5) is 0 Å². The highest BCUT2D eigenvalue weighted by atomic mass is 32.2. The number of nitrogens with two attached hydrogens (primary N) is 1. The van der Waals surface area contributed by atoms with Crippen LogP contribution in [-0.4, -0.2) is 25.8 Å². The van der Waals surface area contributed by atoms with Crippen molar-refractivity contribution in [3.8, 4) is 0 Å². The van der Waals surface area contributed by atoms with Gasteiger partial charge in [-0.2, -0.15) is 4.31 Å². The van der Waals surface area contributed by atoms with Crippen LogP contribution in [0.3, 0.4) is 0 Å². The first-order valence-corrected chi connectivity index (χ1v) is 9.06. The molecule has 1 aliphatic heterocycles. The van der Waals surface area contributed by atoms with Crippen molar-refractivity contribution in [3.63, 3.8) is 0 Å². The third-order valence-electron chi connectivity index (χ3n) is 4.88. The average Bonchev–Trinajstić information content (AvgIpc) is 2.47. The van der Waals surface area contributed by atoms with E-state index in [2.05, 4.69) is 13.8 Å². The summed E-state index contributed by atoms with van der Waals surface area (Å²) in [7, 11) is -3.38. The first-order chi connectivity index (χ1) is 9.82. The second-order valence-corrected chi connectivity index (χ2v) is 8.28. The first-order valence-electron chi connectivity index (χ1n) is 7.62. The van der Waals surface area contributed by atoms with Gasteiger partial charge in [-0.15, -0.1) is 0 Å². The maximum Gasteiger partial charge on any atom is 0.243 e. The number of aryl methyl sites for hydroxylation is 1. The summed E-state index contributed by atoms with van der Waals surface area (Å²) in [6.45, 7) is 7.93. The quantitative estimate of drug-likeness (QED) is 0.930. The van der Waals surface area contributed by atoms with Crippen molar-refractivity contribution in [2.75, 3.05) is 13.1 Å². The Morgan fingerprint density at radius 1 is 1.29 bits per heavy atom. The van der Waals surface area contributed by atoms with Crippen LogP contribution in [0.15, 0.2) is 23.1 Å². The van der Waals surface area contributed by atoms with Crippen molar-refractivity contribution in [3.05, 3.63) is 29.3 Å². The predicted molar refractivity (Wildman–Crippen MR) is 85.5 cm³/mol. The Morgan fingerprint density at radius 3 is 2.38 bits per heavy atom. The molecule has 1 aromatic rings. The summed E-state index contributed by atoms with van der Waals surface area (Å²) in [6.07, 6.45) is 2.97. The van der Waals surface area contributed by atoms with E-state index in [0.29, 0.717) is 24.5 Å². The van der Waals surface area contributed by atoms with E-state index in [-0.39, 0.29) is 5.41 Å². The molecule has 4 nitrogen and oxygen atoms in total. The molecule has 1 aromatic carbocycles. The minimum absolute atomic E-state index is 0.282. The third-order valence-corrected chi connectivity index (χ3v) is 6.93. The Balaban J connectivity index is 2.23. The third kappa shape index (κ3) is 3.30. The minimum atomic E-state index is -3.38. The number of benzene rings is 1. The summed E-state index contributed by atoms with van der Waals surface area (Å²) >= 11 is 0. The lowest BCUT2D eigenvalue weighted by Crippen LogP contribution is -2.42. The molecule has 0 bridgehead atoms. The van der Waals surface area contributed by atoms with Crippen molar-refractivity contribution in [1.29, 1.82) is 0 Å². The lowest BCUT2D eigenvalue weighted by Gasteiger charge is -2.38. The van der Waals surface area contributed by atoms with E-state index in [0.717, 1.165) is 30.4 Å². The molecule has 0 atom stereocenters. The first kappa shape index (κ1) is 16.5. The zero-order chi connectivity index (χ0) is 15.7. The average molecular weight is 310 g/mol. The number of nitrogens with zero attached hydrogens (tertiary/aromatic N) is 1. The van der Waals surface area contributed by atoms with Crippen LogP contribution in [0.25, 0.3) is 0 Å². The van der Waals surface area contributed by atoms with Gasteiger partial charge in [-0.05, 0) is 42.4 Å². The molecule has 0 radical (unpaired) electrons. The molecule has 118 valence electrons. The van der Waals surface area contributed by atoms with Gasteiger partial charge in [0.2, 0.25) is 10.0 Å². The van der Waals surface area contributed by atoms with E-state index in [1.54, 1.807) is 16.4 Å². The maximum absolute atomic E-state index is 12.8. The van der Waals surface area contributed by atoms with Crippen molar-refractivity contribution >= 4 is 10.0 Å². The lowest BCUT2D eigenvalue weighted by atomic mass is 9.79. The van der Waals surface area contributed by atoms with Gasteiger partial charge in [-0.3, -0.25) is 0 Å². The highest BCUT2D eigenvalue weighted by Gasteiger charge is 2.34. The molecule has 5 heteroatoms. The van der Waals surface area contributed by atoms with Crippen LogP contribution in [0.1, 0.15) is 44.2 Å². The highest BCUT2D eigenvalue weighted by molar-refractivity contribution is 7.89. The zero-order valence-electron chi connectivity index (χ0n) is 13.2. The largest absolute Gasteiger partial charge is 0.326 e. The number of piperidine rings is 1. The van der Waals surface area contributed by atoms with Crippen LogP contribution in [0.5, 0.6) is 0 Å². The number of sulfonamides is 1. The van der Waals surface area contributed by atoms with E-state index in [4.69, 9.17) is 5.73 Å². The van der Waals surface area contributed by atoms with E-state index in [9.17, 15) is 8.42 Å². The van der Waals surface area contributed by atoms with Crippen LogP contribution in [-0.2, 0) is 16.6 Å². The number of rotatable bonds is 4. The van der Waals surface area contributed by atoms with Crippen LogP contribution < -0.4 is 5.73 Å². The van der Waals surface area contributed by atoms with Gasteiger partial charge in [0, 0.05) is 19.6 Å². The molecule has 2 rings (SSSR count). The molecule has 0 aromatic heterocycles. The standard InChI is InChI=1S/C16H26N2O2S/c1-4-16(3)7-9-18(10-8-16)21(19,20)15-6-5-14(12-17)11-13(15)2/h5-6,11H,4,7-10,12,17H2,1-3H3. The molecular weight excluding hydrogens is 284 g/mol. The highest BCUT2D eigenvalue weighted by Crippen LogP contribution is 2.36. The SMILES string of the molecule is CCC1(C)CCN(S(=O)(=O)c2ccc(CN)cc2C)CC1. The molecule has 0 aliphatic carbocycles. The second kappa shape index (κ2) is 6.07. The van der Waals surface area contributed by atoms with Gasteiger partial charge in [0.15, 0.2) is 0 Å². The zero-order valence-corrected chi connectivity index (χ0v) is 14.0. The molecule has 0 saturated carbocycles. The number of hydrogen-bond donors (Lipinski definition) is 1. The van der Waals surface area contributed by atoms with Gasteiger partial charge in [0.25, 0.3) is 0 Å². The van der Waals surface area contributed by atoms with Gasteiger partial charge >= 0.3 is 0 Å². The number of hydrogen-bond acceptors (Lipinski definition) is 3. The van der Waals surface area contributed by atoms with E-state index < -0.39 is 10.0 Å². The van der Waals surface area contributed by atoms with Crippen molar-refractivity contribution in [1.82, 2.24) is 4.31 Å². The summed E-state index contributed by atoms with van der Waals surface area (Å²) in [5.41, 5.74) is 7.63. The molecule has 2 N–H and O–H groups in total. The summed E-state index contributed by atoms with van der Waals surface area (Å²) in [4.78, 5) is 0.416. The van der Waals surface area contributed by atoms with E-state index in [1.807, 2.05) is 13.0 Å². The topological polar surface area (TPSA) is 63.4 Å². The molecule has 21 heavy (non-hydrogen) atoms. The predicted octanol–water partition coefficient (Wildman–Crippen LogP) is 2.65. The Labute approximate surface area is 128 Å². The lowest BCUT2D eigenvalue weighted by molar-refractivity contribution is 0.169. The fraction of sp³-hybridized carbons (Fsp3) is 0.625. The van der Waals surface area contributed by atoms with Crippen LogP contribution >= 0.6 is 0 Å². The fourth-order valence-corrected chi connectivity index (χ4v) is 4.53. The van der Waals surface area contributed by atoms with Crippen molar-refractivity contribution in [2.24, 2.45) is 11.1 Å². The summed E-state index contributed by atoms with van der Waals surface area (Å²) in [5, 5.41) is 0. The molecule has 1 heterocycles. The smallest absolute Gasteiger partial charge is 0.243 e. The fourth-order valence-electron chi connectivity index (χ4n) is 2.89. The van der Waals surface area contributed by atoms with E-state index >= 15 is 0 Å². The Kier molecular flexibility index (Phi) is 4.76. The van der Waals surface area contributed by atoms with Crippen LogP contribution in [0, 0.1) is 12.3 Å². The molecule has 0 unspecified atom stereocenters. The van der Waals surface area contributed by atoms with Gasteiger partial charge in [-0.1, -0.05) is 32.4 Å². The molecular formula is C16H26N2O2S. The van der Waals surface area contributed by atoms with Gasteiger partial charge in [0.1, 0.15) is 0 Å². The Morgan fingerprint density at radius 2 is 1.90 bits per heavy atom. The maximum atomic E-state index is 12.8. The van der Waals surface area contributed by atoms with Gasteiger partial charge in [-0.25, -0.2) is 8.42 Å². The molecule has 1 saturated heterocycles. The summed E-state index contributed by atoms with van der Waals surface area (Å²) < 4.78 is 27.2. The molecule has 1 aliphatic rings. The van der Waals surface area contributed by atoms with E-state index in [1.165, 1.54) is 0 Å². The van der Waals surface area contributed by atoms with Gasteiger partial charge in [0.05, 0.1) is 4.90 Å². The second-order valence-electron chi connectivity index (χ2n) is 6.37. The minimum Gasteiger partial charge on any atom is -0.326 e. The van der Waals surface area contributed by atoms with Crippen molar-refractivity contribution in [2.45, 2.75) is 51.5 Å². The molecule has 0 spiro atoms. The Bertz CT molecular complexity index is 603. The molecule has 1 fully saturated rings. The normalized spacial score (nSPS) is 19.6. The summed E-state index contributed by atoms with van der Waals surface area (Å²) in [6, 6.07) is 5.37. The summed E-state index contributed by atoms with van der Waals surface area (Å²) in [5.74, 6) is 0. The van der Waals surface area contributed by atoms with Crippen molar-refractivity contribution < 1.29 is 8.42 Å².